The van der Waals surface area contributed by atoms with Crippen molar-refractivity contribution in [2.45, 2.75) is 6.92 Å². The Balaban J connectivity index is 2.79. The molecule has 1 heterocycles. The highest BCUT2D eigenvalue weighted by Crippen LogP contribution is 2.31. The average molecular weight is 359 g/mol. The lowest BCUT2D eigenvalue weighted by Crippen LogP contribution is -2.03. The normalized spacial score (nSPS) is 10.6. The quantitative estimate of drug-likeness (QED) is 0.726. The SMILES string of the molecule is COC(=O)c1cnc2c(Br)cc(C)cc2c1Br. The molecule has 2 rings (SSSR count). The molecule has 1 aromatic heterocycles. The van der Waals surface area contributed by atoms with Gasteiger partial charge in [-0.25, -0.2) is 4.79 Å². The second kappa shape index (κ2) is 4.74. The summed E-state index contributed by atoms with van der Waals surface area (Å²) in [5.74, 6) is -0.399. The fourth-order valence-corrected chi connectivity index (χ4v) is 2.86. The van der Waals surface area contributed by atoms with E-state index in [-0.39, 0.29) is 0 Å². The number of esters is 1. The first-order chi connectivity index (χ1) is 8.04. The number of fused-ring (bicyclic) bond motifs is 1. The van der Waals surface area contributed by atoms with E-state index in [1.807, 2.05) is 19.1 Å². The minimum Gasteiger partial charge on any atom is -0.465 e. The fraction of sp³-hybridized carbons (Fsp3) is 0.167. The second-order valence-corrected chi connectivity index (χ2v) is 5.27. The molecule has 0 N–H and O–H groups in total. The van der Waals surface area contributed by atoms with E-state index >= 15 is 0 Å². The molecule has 0 aliphatic carbocycles. The molecule has 0 atom stereocenters. The Morgan fingerprint density at radius 2 is 2.06 bits per heavy atom. The molecule has 0 amide bonds. The Morgan fingerprint density at radius 3 is 2.71 bits per heavy atom. The van der Waals surface area contributed by atoms with Crippen molar-refractivity contribution in [1.29, 1.82) is 0 Å². The summed E-state index contributed by atoms with van der Waals surface area (Å²) in [5, 5.41) is 0.889. The Hall–Kier alpha value is -0.940. The third-order valence-corrected chi connectivity index (χ3v) is 3.87. The van der Waals surface area contributed by atoms with E-state index in [1.165, 1.54) is 13.3 Å². The lowest BCUT2D eigenvalue weighted by Gasteiger charge is -2.08. The third kappa shape index (κ3) is 2.21. The van der Waals surface area contributed by atoms with Gasteiger partial charge in [-0.3, -0.25) is 4.98 Å². The van der Waals surface area contributed by atoms with E-state index in [2.05, 4.69) is 36.8 Å². The Kier molecular flexibility index (Phi) is 3.49. The van der Waals surface area contributed by atoms with Crippen LogP contribution in [0, 0.1) is 6.92 Å². The maximum absolute atomic E-state index is 11.5. The Labute approximate surface area is 115 Å². The molecule has 3 nitrogen and oxygen atoms in total. The van der Waals surface area contributed by atoms with Crippen LogP contribution in [0.1, 0.15) is 15.9 Å². The number of benzene rings is 1. The summed E-state index contributed by atoms with van der Waals surface area (Å²) < 4.78 is 6.32. The molecule has 88 valence electrons. The van der Waals surface area contributed by atoms with Gasteiger partial charge in [-0.15, -0.1) is 0 Å². The first kappa shape index (κ1) is 12.5. The predicted octanol–water partition coefficient (Wildman–Crippen LogP) is 3.85. The molecule has 2 aromatic rings. The first-order valence-corrected chi connectivity index (χ1v) is 6.46. The van der Waals surface area contributed by atoms with Gasteiger partial charge in [-0.1, -0.05) is 0 Å². The number of aromatic nitrogens is 1. The lowest BCUT2D eigenvalue weighted by atomic mass is 10.1. The average Bonchev–Trinajstić information content (AvgIpc) is 2.29. The number of rotatable bonds is 1. The zero-order chi connectivity index (χ0) is 12.6. The molecule has 0 saturated heterocycles. The number of carbonyl (C=O) groups is 1. The van der Waals surface area contributed by atoms with E-state index < -0.39 is 5.97 Å². The molecule has 0 radical (unpaired) electrons. The van der Waals surface area contributed by atoms with E-state index in [1.54, 1.807) is 0 Å². The summed E-state index contributed by atoms with van der Waals surface area (Å²) in [6.45, 7) is 1.99. The van der Waals surface area contributed by atoms with Crippen molar-refractivity contribution < 1.29 is 9.53 Å². The van der Waals surface area contributed by atoms with Gasteiger partial charge < -0.3 is 4.74 Å². The van der Waals surface area contributed by atoms with Gasteiger partial charge in [0.05, 0.1) is 18.2 Å². The largest absolute Gasteiger partial charge is 0.465 e. The molecule has 0 aliphatic heterocycles. The van der Waals surface area contributed by atoms with Crippen molar-refractivity contribution in [3.05, 3.63) is 38.4 Å². The highest BCUT2D eigenvalue weighted by Gasteiger charge is 2.15. The van der Waals surface area contributed by atoms with Gasteiger partial charge in [-0.2, -0.15) is 0 Å². The van der Waals surface area contributed by atoms with Crippen LogP contribution in [0.4, 0.5) is 0 Å². The summed E-state index contributed by atoms with van der Waals surface area (Å²) in [5.41, 5.74) is 2.33. The summed E-state index contributed by atoms with van der Waals surface area (Å²) in [6, 6.07) is 3.96. The zero-order valence-electron chi connectivity index (χ0n) is 9.25. The number of nitrogens with zero attached hydrogens (tertiary/aromatic N) is 1. The molecule has 1 aromatic carbocycles. The van der Waals surface area contributed by atoms with Crippen LogP contribution in [0.15, 0.2) is 27.3 Å². The monoisotopic (exact) mass is 357 g/mol. The highest BCUT2D eigenvalue weighted by molar-refractivity contribution is 9.11. The second-order valence-electron chi connectivity index (χ2n) is 3.62. The van der Waals surface area contributed by atoms with E-state index in [4.69, 9.17) is 4.74 Å². The number of carbonyl (C=O) groups excluding carboxylic acids is 1. The molecule has 5 heteroatoms. The molecular formula is C12H9Br2NO2. The van der Waals surface area contributed by atoms with Gasteiger partial charge in [0.25, 0.3) is 0 Å². The van der Waals surface area contributed by atoms with Gasteiger partial charge in [0.1, 0.15) is 0 Å². The number of ether oxygens (including phenoxy) is 1. The molecule has 0 bridgehead atoms. The van der Waals surface area contributed by atoms with Gasteiger partial charge >= 0.3 is 5.97 Å². The van der Waals surface area contributed by atoms with Crippen LogP contribution in [-0.4, -0.2) is 18.1 Å². The van der Waals surface area contributed by atoms with Crippen molar-refractivity contribution >= 4 is 48.7 Å². The van der Waals surface area contributed by atoms with Crippen molar-refractivity contribution in [2.75, 3.05) is 7.11 Å². The van der Waals surface area contributed by atoms with Gasteiger partial charge in [0.2, 0.25) is 0 Å². The standard InChI is InChI=1S/C12H9Br2NO2/c1-6-3-7-10(14)8(12(16)17-2)5-15-11(7)9(13)4-6/h3-5H,1-2H3. The van der Waals surface area contributed by atoms with E-state index in [9.17, 15) is 4.79 Å². The smallest absolute Gasteiger partial charge is 0.340 e. The lowest BCUT2D eigenvalue weighted by molar-refractivity contribution is 0.0599. The summed E-state index contributed by atoms with van der Waals surface area (Å²) in [6.07, 6.45) is 1.51. The number of hydrogen-bond donors (Lipinski definition) is 0. The number of halogens is 2. The van der Waals surface area contributed by atoms with Crippen molar-refractivity contribution in [3.63, 3.8) is 0 Å². The Morgan fingerprint density at radius 1 is 1.35 bits per heavy atom. The summed E-state index contributed by atoms with van der Waals surface area (Å²) in [7, 11) is 1.35. The van der Waals surface area contributed by atoms with Crippen LogP contribution in [0.3, 0.4) is 0 Å². The first-order valence-electron chi connectivity index (χ1n) is 4.87. The zero-order valence-corrected chi connectivity index (χ0v) is 12.4. The fourth-order valence-electron chi connectivity index (χ4n) is 1.62. The van der Waals surface area contributed by atoms with Gasteiger partial charge in [0, 0.05) is 20.5 Å². The topological polar surface area (TPSA) is 39.2 Å². The van der Waals surface area contributed by atoms with Gasteiger partial charge in [0.15, 0.2) is 0 Å². The predicted molar refractivity (Wildman–Crippen MR) is 73.2 cm³/mol. The molecule has 0 fully saturated rings. The van der Waals surface area contributed by atoms with Crippen LogP contribution < -0.4 is 0 Å². The van der Waals surface area contributed by atoms with E-state index in [0.717, 1.165) is 20.9 Å². The summed E-state index contributed by atoms with van der Waals surface area (Å²) in [4.78, 5) is 15.8. The van der Waals surface area contributed by atoms with Crippen LogP contribution in [0.5, 0.6) is 0 Å². The molecule has 0 spiro atoms. The minimum absolute atomic E-state index is 0.399. The molecule has 0 saturated carbocycles. The van der Waals surface area contributed by atoms with Crippen LogP contribution >= 0.6 is 31.9 Å². The molecular weight excluding hydrogens is 350 g/mol. The van der Waals surface area contributed by atoms with Crippen molar-refractivity contribution in [1.82, 2.24) is 4.98 Å². The third-order valence-electron chi connectivity index (χ3n) is 2.41. The number of hydrogen-bond acceptors (Lipinski definition) is 3. The van der Waals surface area contributed by atoms with Crippen molar-refractivity contribution in [3.8, 4) is 0 Å². The highest BCUT2D eigenvalue weighted by atomic mass is 79.9. The maximum atomic E-state index is 11.5. The number of pyridine rings is 1. The number of aryl methyl sites for hydroxylation is 1. The Bertz CT molecular complexity index is 611. The van der Waals surface area contributed by atoms with Crippen molar-refractivity contribution in [2.24, 2.45) is 0 Å². The molecule has 0 unspecified atom stereocenters. The molecule has 17 heavy (non-hydrogen) atoms. The van der Waals surface area contributed by atoms with Crippen LogP contribution in [0.25, 0.3) is 10.9 Å². The van der Waals surface area contributed by atoms with Crippen LogP contribution in [-0.2, 0) is 4.74 Å². The summed E-state index contributed by atoms with van der Waals surface area (Å²) >= 11 is 6.89. The van der Waals surface area contributed by atoms with Gasteiger partial charge in [-0.05, 0) is 56.5 Å². The number of methoxy groups -OCH3 is 1. The maximum Gasteiger partial charge on any atom is 0.340 e. The van der Waals surface area contributed by atoms with Crippen LogP contribution in [0.2, 0.25) is 0 Å². The molecule has 0 aliphatic rings. The minimum atomic E-state index is -0.399. The van der Waals surface area contributed by atoms with E-state index in [0.29, 0.717) is 10.0 Å².